The number of hydrogen-bond acceptors (Lipinski definition) is 3. The van der Waals surface area contributed by atoms with E-state index in [4.69, 9.17) is 0 Å². The average molecular weight is 346 g/mol. The molecule has 0 aromatic heterocycles. The van der Waals surface area contributed by atoms with Crippen LogP contribution in [-0.4, -0.2) is 20.9 Å². The lowest BCUT2D eigenvalue weighted by atomic mass is 10.2. The van der Waals surface area contributed by atoms with Gasteiger partial charge >= 0.3 is 0 Å². The Kier molecular flexibility index (Phi) is 5.98. The van der Waals surface area contributed by atoms with Crippen molar-refractivity contribution in [1.29, 1.82) is 0 Å². The first-order valence-corrected chi connectivity index (χ1v) is 9.38. The van der Waals surface area contributed by atoms with Gasteiger partial charge < -0.3 is 5.32 Å². The second kappa shape index (κ2) is 7.97. The molecule has 2 aromatic carbocycles. The number of aryl methyl sites for hydroxylation is 1. The van der Waals surface area contributed by atoms with Crippen LogP contribution in [0.5, 0.6) is 0 Å². The fraction of sp³-hybridized carbons (Fsp3) is 0.278. The topological polar surface area (TPSA) is 75.3 Å². The number of anilines is 1. The van der Waals surface area contributed by atoms with E-state index in [1.54, 1.807) is 42.5 Å². The van der Waals surface area contributed by atoms with Gasteiger partial charge in [0.25, 0.3) is 15.9 Å². The summed E-state index contributed by atoms with van der Waals surface area (Å²) < 4.78 is 27.3. The van der Waals surface area contributed by atoms with Crippen molar-refractivity contribution in [2.24, 2.45) is 0 Å². The molecule has 5 nitrogen and oxygen atoms in total. The highest BCUT2D eigenvalue weighted by Crippen LogP contribution is 2.17. The Hall–Kier alpha value is -2.34. The molecular formula is C18H22N2O3S. The number of hydrogen-bond donors (Lipinski definition) is 2. The maximum atomic E-state index is 12.4. The molecule has 0 fully saturated rings. The van der Waals surface area contributed by atoms with E-state index in [1.807, 2.05) is 13.8 Å². The Morgan fingerprint density at radius 2 is 1.79 bits per heavy atom. The predicted octanol–water partition coefficient (Wildman–Crippen LogP) is 3.33. The Morgan fingerprint density at radius 3 is 2.46 bits per heavy atom. The minimum absolute atomic E-state index is 0.186. The lowest BCUT2D eigenvalue weighted by Gasteiger charge is -2.10. The summed E-state index contributed by atoms with van der Waals surface area (Å²) in [6.45, 7) is 4.55. The molecule has 0 heterocycles. The number of benzene rings is 2. The van der Waals surface area contributed by atoms with Gasteiger partial charge in [-0.3, -0.25) is 9.52 Å². The van der Waals surface area contributed by atoms with E-state index in [1.165, 1.54) is 6.07 Å². The minimum Gasteiger partial charge on any atom is -0.352 e. The maximum Gasteiger partial charge on any atom is 0.261 e. The molecule has 2 N–H and O–H groups in total. The van der Waals surface area contributed by atoms with Crippen molar-refractivity contribution in [3.05, 3.63) is 59.7 Å². The fourth-order valence-electron chi connectivity index (χ4n) is 2.14. The van der Waals surface area contributed by atoms with Gasteiger partial charge in [0.15, 0.2) is 0 Å². The van der Waals surface area contributed by atoms with Gasteiger partial charge in [0.2, 0.25) is 0 Å². The third-order valence-electron chi connectivity index (χ3n) is 3.52. The first kappa shape index (κ1) is 18.0. The van der Waals surface area contributed by atoms with Crippen molar-refractivity contribution >= 4 is 21.6 Å². The van der Waals surface area contributed by atoms with E-state index in [9.17, 15) is 13.2 Å². The van der Waals surface area contributed by atoms with Crippen molar-refractivity contribution in [3.8, 4) is 0 Å². The predicted molar refractivity (Wildman–Crippen MR) is 95.7 cm³/mol. The van der Waals surface area contributed by atoms with Crippen LogP contribution in [0.2, 0.25) is 0 Å². The number of unbranched alkanes of at least 4 members (excludes halogenated alkanes) is 1. The Labute approximate surface area is 143 Å². The second-order valence-corrected chi connectivity index (χ2v) is 7.29. The maximum absolute atomic E-state index is 12.4. The molecule has 0 aliphatic carbocycles. The van der Waals surface area contributed by atoms with Crippen LogP contribution in [-0.2, 0) is 10.0 Å². The van der Waals surface area contributed by atoms with E-state index in [0.717, 1.165) is 18.4 Å². The lowest BCUT2D eigenvalue weighted by Crippen LogP contribution is -2.24. The van der Waals surface area contributed by atoms with Gasteiger partial charge in [-0.05, 0) is 43.7 Å². The van der Waals surface area contributed by atoms with Gasteiger partial charge in [0.05, 0.1) is 4.90 Å². The van der Waals surface area contributed by atoms with Crippen LogP contribution in [0.15, 0.2) is 53.4 Å². The summed E-state index contributed by atoms with van der Waals surface area (Å²) in [5, 5.41) is 2.81. The molecule has 2 rings (SSSR count). The van der Waals surface area contributed by atoms with Gasteiger partial charge in [-0.25, -0.2) is 8.42 Å². The van der Waals surface area contributed by atoms with Crippen molar-refractivity contribution < 1.29 is 13.2 Å². The van der Waals surface area contributed by atoms with Crippen LogP contribution in [0.25, 0.3) is 0 Å². The van der Waals surface area contributed by atoms with Crippen LogP contribution in [0.4, 0.5) is 5.69 Å². The number of carbonyl (C=O) groups excluding carboxylic acids is 1. The third-order valence-corrected chi connectivity index (χ3v) is 4.92. The summed E-state index contributed by atoms with van der Waals surface area (Å²) in [4.78, 5) is 12.2. The first-order valence-electron chi connectivity index (χ1n) is 7.90. The average Bonchev–Trinajstić information content (AvgIpc) is 2.55. The van der Waals surface area contributed by atoms with Crippen LogP contribution >= 0.6 is 0 Å². The highest BCUT2D eigenvalue weighted by Gasteiger charge is 2.14. The van der Waals surface area contributed by atoms with Crippen molar-refractivity contribution in [3.63, 3.8) is 0 Å². The molecule has 0 unspecified atom stereocenters. The molecule has 0 saturated heterocycles. The van der Waals surface area contributed by atoms with Gasteiger partial charge in [0.1, 0.15) is 0 Å². The van der Waals surface area contributed by atoms with E-state index in [0.29, 0.717) is 17.8 Å². The summed E-state index contributed by atoms with van der Waals surface area (Å²) in [6, 6.07) is 13.1. The Balaban J connectivity index is 2.14. The molecule has 0 atom stereocenters. The smallest absolute Gasteiger partial charge is 0.261 e. The standard InChI is InChI=1S/C18H22N2O3S/c1-3-4-12-19-18(21)15-6-5-7-16(13-15)20-24(22,23)17-10-8-14(2)9-11-17/h5-11,13,20H,3-4,12H2,1-2H3,(H,19,21). The zero-order valence-corrected chi connectivity index (χ0v) is 14.7. The summed E-state index contributed by atoms with van der Waals surface area (Å²) >= 11 is 0. The minimum atomic E-state index is -3.68. The number of sulfonamides is 1. The van der Waals surface area contributed by atoms with Gasteiger partial charge in [-0.1, -0.05) is 37.1 Å². The molecule has 0 bridgehead atoms. The number of amides is 1. The van der Waals surface area contributed by atoms with E-state index in [2.05, 4.69) is 10.0 Å². The first-order chi connectivity index (χ1) is 11.4. The molecular weight excluding hydrogens is 324 g/mol. The highest BCUT2D eigenvalue weighted by molar-refractivity contribution is 7.92. The van der Waals surface area contributed by atoms with E-state index >= 15 is 0 Å². The van der Waals surface area contributed by atoms with Crippen molar-refractivity contribution in [1.82, 2.24) is 5.32 Å². The highest BCUT2D eigenvalue weighted by atomic mass is 32.2. The number of carbonyl (C=O) groups is 1. The molecule has 0 saturated carbocycles. The molecule has 0 aliphatic rings. The zero-order chi connectivity index (χ0) is 17.6. The fourth-order valence-corrected chi connectivity index (χ4v) is 3.19. The number of rotatable bonds is 7. The largest absolute Gasteiger partial charge is 0.352 e. The third kappa shape index (κ3) is 4.83. The molecule has 0 spiro atoms. The number of nitrogens with one attached hydrogen (secondary N) is 2. The molecule has 2 aromatic rings. The monoisotopic (exact) mass is 346 g/mol. The molecule has 128 valence electrons. The van der Waals surface area contributed by atoms with Crippen molar-refractivity contribution in [2.45, 2.75) is 31.6 Å². The SMILES string of the molecule is CCCCNC(=O)c1cccc(NS(=O)(=O)c2ccc(C)cc2)c1. The summed E-state index contributed by atoms with van der Waals surface area (Å²) in [5.74, 6) is -0.208. The molecule has 1 amide bonds. The quantitative estimate of drug-likeness (QED) is 0.755. The Morgan fingerprint density at radius 1 is 1.08 bits per heavy atom. The Bertz CT molecular complexity index is 799. The summed E-state index contributed by atoms with van der Waals surface area (Å²) in [5.41, 5.74) is 1.77. The van der Waals surface area contributed by atoms with Gasteiger partial charge in [-0.2, -0.15) is 0 Å². The zero-order valence-electron chi connectivity index (χ0n) is 13.9. The van der Waals surface area contributed by atoms with Crippen molar-refractivity contribution in [2.75, 3.05) is 11.3 Å². The lowest BCUT2D eigenvalue weighted by molar-refractivity contribution is 0.0953. The molecule has 0 radical (unpaired) electrons. The molecule has 0 aliphatic heterocycles. The molecule has 6 heteroatoms. The van der Waals surface area contributed by atoms with Gasteiger partial charge in [0, 0.05) is 17.8 Å². The second-order valence-electron chi connectivity index (χ2n) is 5.61. The normalized spacial score (nSPS) is 11.1. The van der Waals surface area contributed by atoms with Crippen LogP contribution in [0.3, 0.4) is 0 Å². The van der Waals surface area contributed by atoms with Crippen LogP contribution < -0.4 is 10.0 Å². The molecule has 24 heavy (non-hydrogen) atoms. The van der Waals surface area contributed by atoms with E-state index in [-0.39, 0.29) is 10.8 Å². The summed E-state index contributed by atoms with van der Waals surface area (Å²) in [7, 11) is -3.68. The van der Waals surface area contributed by atoms with E-state index < -0.39 is 10.0 Å². The van der Waals surface area contributed by atoms with Crippen LogP contribution in [0.1, 0.15) is 35.7 Å². The summed E-state index contributed by atoms with van der Waals surface area (Å²) in [6.07, 6.45) is 1.90. The van der Waals surface area contributed by atoms with Crippen LogP contribution in [0, 0.1) is 6.92 Å². The van der Waals surface area contributed by atoms with Gasteiger partial charge in [-0.15, -0.1) is 0 Å².